The summed E-state index contributed by atoms with van der Waals surface area (Å²) in [5.74, 6) is 0.144. The topological polar surface area (TPSA) is 62.9 Å². The van der Waals surface area contributed by atoms with E-state index in [9.17, 15) is 13.9 Å². The second-order valence-electron chi connectivity index (χ2n) is 5.84. The number of benzene rings is 1. The number of aromatic nitrogens is 3. The summed E-state index contributed by atoms with van der Waals surface area (Å²) in [5.41, 5.74) is 0.792. The van der Waals surface area contributed by atoms with Gasteiger partial charge in [0.05, 0.1) is 10.9 Å². The number of nitrogens with zero attached hydrogens (tertiary/aromatic N) is 4. The van der Waals surface area contributed by atoms with Crippen molar-refractivity contribution in [2.24, 2.45) is 0 Å². The maximum Gasteiger partial charge on any atom is 0.387 e. The lowest BCUT2D eigenvalue weighted by atomic mass is 10.0. The van der Waals surface area contributed by atoms with E-state index in [2.05, 4.69) is 19.7 Å². The fraction of sp³-hybridized carbons (Fsp3) is 0.375. The molecule has 0 amide bonds. The normalized spacial score (nSPS) is 16.8. The largest absolute Gasteiger partial charge is 0.492 e. The van der Waals surface area contributed by atoms with Crippen molar-refractivity contribution in [1.29, 1.82) is 0 Å². The van der Waals surface area contributed by atoms with Crippen LogP contribution < -0.4 is 4.74 Å². The standard InChI is InChI=1S/C16H16F2N4O2S/c17-15(18)24-11-5-3-4-10(8-11)12(21-6-1-2-7-21)13-14(23)22-16(25-13)19-9-20-22/h3-5,8-9,12,15,23H,1-2,6-7H2. The van der Waals surface area contributed by atoms with Crippen LogP contribution in [0.25, 0.3) is 4.96 Å². The molecule has 1 aliphatic heterocycles. The Morgan fingerprint density at radius 1 is 1.24 bits per heavy atom. The van der Waals surface area contributed by atoms with Gasteiger partial charge >= 0.3 is 6.61 Å². The van der Waals surface area contributed by atoms with E-state index in [1.54, 1.807) is 12.1 Å². The molecule has 4 rings (SSSR count). The Morgan fingerprint density at radius 2 is 2.04 bits per heavy atom. The molecular formula is C16H16F2N4O2S. The van der Waals surface area contributed by atoms with Crippen molar-refractivity contribution in [3.63, 3.8) is 0 Å². The first-order valence-corrected chi connectivity index (χ1v) is 8.75. The molecule has 1 N–H and O–H groups in total. The Kier molecular flexibility index (Phi) is 4.26. The fourth-order valence-electron chi connectivity index (χ4n) is 3.26. The van der Waals surface area contributed by atoms with Crippen molar-refractivity contribution in [3.05, 3.63) is 41.0 Å². The van der Waals surface area contributed by atoms with Crippen molar-refractivity contribution < 1.29 is 18.6 Å². The van der Waals surface area contributed by atoms with Gasteiger partial charge in [0, 0.05) is 0 Å². The highest BCUT2D eigenvalue weighted by molar-refractivity contribution is 7.17. The van der Waals surface area contributed by atoms with Crippen LogP contribution in [0.5, 0.6) is 11.6 Å². The van der Waals surface area contributed by atoms with Crippen molar-refractivity contribution in [3.8, 4) is 11.6 Å². The molecule has 1 atom stereocenters. The highest BCUT2D eigenvalue weighted by Gasteiger charge is 2.31. The summed E-state index contributed by atoms with van der Waals surface area (Å²) in [6, 6.07) is 6.39. The van der Waals surface area contributed by atoms with E-state index in [0.29, 0.717) is 9.84 Å². The van der Waals surface area contributed by atoms with E-state index in [0.717, 1.165) is 31.5 Å². The lowest BCUT2D eigenvalue weighted by molar-refractivity contribution is -0.0499. The molecule has 0 radical (unpaired) electrons. The summed E-state index contributed by atoms with van der Waals surface area (Å²) in [6.45, 7) is -1.13. The number of likely N-dealkylation sites (tertiary alicyclic amines) is 1. The van der Waals surface area contributed by atoms with Crippen LogP contribution in [0.4, 0.5) is 8.78 Å². The molecule has 1 fully saturated rings. The van der Waals surface area contributed by atoms with Gasteiger partial charge in [-0.3, -0.25) is 4.90 Å². The van der Waals surface area contributed by atoms with Crippen LogP contribution in [-0.4, -0.2) is 44.3 Å². The number of rotatable bonds is 5. The van der Waals surface area contributed by atoms with Gasteiger partial charge in [-0.15, -0.1) is 0 Å². The van der Waals surface area contributed by atoms with E-state index < -0.39 is 6.61 Å². The first-order valence-electron chi connectivity index (χ1n) is 7.93. The van der Waals surface area contributed by atoms with Crippen LogP contribution in [0, 0.1) is 0 Å². The van der Waals surface area contributed by atoms with Crippen LogP contribution >= 0.6 is 11.3 Å². The lowest BCUT2D eigenvalue weighted by Gasteiger charge is -2.27. The average Bonchev–Trinajstić information content (AvgIpc) is 3.29. The Morgan fingerprint density at radius 3 is 2.76 bits per heavy atom. The van der Waals surface area contributed by atoms with Gasteiger partial charge in [0.15, 0.2) is 0 Å². The molecule has 0 aliphatic carbocycles. The minimum atomic E-state index is -2.87. The van der Waals surface area contributed by atoms with Crippen molar-refractivity contribution in [1.82, 2.24) is 19.5 Å². The molecule has 1 saturated heterocycles. The predicted molar refractivity (Wildman–Crippen MR) is 88.3 cm³/mol. The Bertz CT molecular complexity index is 876. The van der Waals surface area contributed by atoms with E-state index in [-0.39, 0.29) is 17.7 Å². The molecule has 1 aliphatic rings. The van der Waals surface area contributed by atoms with Gasteiger partial charge in [-0.25, -0.2) is 4.98 Å². The zero-order valence-electron chi connectivity index (χ0n) is 13.2. The maximum atomic E-state index is 12.5. The monoisotopic (exact) mass is 366 g/mol. The molecule has 3 aromatic rings. The zero-order chi connectivity index (χ0) is 17.4. The quantitative estimate of drug-likeness (QED) is 0.751. The van der Waals surface area contributed by atoms with Crippen LogP contribution in [0.15, 0.2) is 30.6 Å². The molecule has 3 heterocycles. The molecule has 0 saturated carbocycles. The van der Waals surface area contributed by atoms with Gasteiger partial charge in [-0.2, -0.15) is 18.4 Å². The highest BCUT2D eigenvalue weighted by atomic mass is 32.1. The second kappa shape index (κ2) is 6.57. The summed E-state index contributed by atoms with van der Waals surface area (Å²) in [5, 5.41) is 14.6. The molecule has 9 heteroatoms. The smallest absolute Gasteiger partial charge is 0.387 e. The van der Waals surface area contributed by atoms with Crippen LogP contribution in [0.1, 0.15) is 29.3 Å². The molecule has 0 spiro atoms. The molecule has 1 aromatic carbocycles. The summed E-state index contributed by atoms with van der Waals surface area (Å²) in [4.78, 5) is 7.65. The van der Waals surface area contributed by atoms with Gasteiger partial charge in [0.2, 0.25) is 10.8 Å². The van der Waals surface area contributed by atoms with E-state index in [4.69, 9.17) is 0 Å². The average molecular weight is 366 g/mol. The van der Waals surface area contributed by atoms with Gasteiger partial charge in [-0.05, 0) is 43.6 Å². The number of alkyl halides is 2. The number of thiazole rings is 1. The van der Waals surface area contributed by atoms with Gasteiger partial charge in [0.25, 0.3) is 0 Å². The van der Waals surface area contributed by atoms with E-state index >= 15 is 0 Å². The summed E-state index contributed by atoms with van der Waals surface area (Å²) >= 11 is 1.35. The molecule has 132 valence electrons. The highest BCUT2D eigenvalue weighted by Crippen LogP contribution is 2.41. The van der Waals surface area contributed by atoms with Gasteiger partial charge < -0.3 is 9.84 Å². The summed E-state index contributed by atoms with van der Waals surface area (Å²) in [7, 11) is 0. The minimum Gasteiger partial charge on any atom is -0.492 e. The lowest BCUT2D eigenvalue weighted by Crippen LogP contribution is -2.26. The third-order valence-electron chi connectivity index (χ3n) is 4.29. The Hall–Kier alpha value is -2.26. The molecule has 0 bridgehead atoms. The molecular weight excluding hydrogens is 350 g/mol. The first-order chi connectivity index (χ1) is 12.1. The van der Waals surface area contributed by atoms with Gasteiger partial charge in [-0.1, -0.05) is 23.5 Å². The molecule has 6 nitrogen and oxygen atoms in total. The fourth-order valence-corrected chi connectivity index (χ4v) is 4.35. The zero-order valence-corrected chi connectivity index (χ0v) is 14.0. The SMILES string of the molecule is Oc1c(C(c2cccc(OC(F)F)c2)N2CCCC2)sc2ncnn12. The van der Waals surface area contributed by atoms with Crippen LogP contribution in [-0.2, 0) is 0 Å². The first kappa shape index (κ1) is 16.2. The number of fused-ring (bicyclic) bond motifs is 1. The molecule has 1 unspecified atom stereocenters. The van der Waals surface area contributed by atoms with Crippen molar-refractivity contribution in [2.45, 2.75) is 25.5 Å². The Balaban J connectivity index is 1.78. The third-order valence-corrected chi connectivity index (χ3v) is 5.38. The number of halogens is 2. The molecule has 25 heavy (non-hydrogen) atoms. The van der Waals surface area contributed by atoms with Gasteiger partial charge in [0.1, 0.15) is 12.1 Å². The summed E-state index contributed by atoms with van der Waals surface area (Å²) in [6.07, 6.45) is 3.51. The Labute approximate surface area is 146 Å². The number of aromatic hydroxyl groups is 1. The predicted octanol–water partition coefficient (Wildman–Crippen LogP) is 3.28. The molecule has 2 aromatic heterocycles. The number of hydrogen-bond acceptors (Lipinski definition) is 6. The number of ether oxygens (including phenoxy) is 1. The van der Waals surface area contributed by atoms with Crippen LogP contribution in [0.3, 0.4) is 0 Å². The van der Waals surface area contributed by atoms with E-state index in [1.807, 2.05) is 6.07 Å². The maximum absolute atomic E-state index is 12.5. The van der Waals surface area contributed by atoms with Crippen molar-refractivity contribution >= 4 is 16.3 Å². The van der Waals surface area contributed by atoms with E-state index in [1.165, 1.54) is 28.2 Å². The summed E-state index contributed by atoms with van der Waals surface area (Å²) < 4.78 is 31.0. The minimum absolute atomic E-state index is 0.0366. The number of hydrogen-bond donors (Lipinski definition) is 1. The van der Waals surface area contributed by atoms with Crippen LogP contribution in [0.2, 0.25) is 0 Å². The van der Waals surface area contributed by atoms with Crippen molar-refractivity contribution in [2.75, 3.05) is 13.1 Å². The second-order valence-corrected chi connectivity index (χ2v) is 6.85. The third kappa shape index (κ3) is 3.05.